The summed E-state index contributed by atoms with van der Waals surface area (Å²) in [6, 6.07) is -1.89. The zero-order valence-corrected chi connectivity index (χ0v) is 28.5. The van der Waals surface area contributed by atoms with Crippen LogP contribution in [0, 0.1) is 0 Å². The van der Waals surface area contributed by atoms with Crippen LogP contribution in [0.15, 0.2) is 0 Å². The zero-order valence-electron chi connectivity index (χ0n) is 28.5. The summed E-state index contributed by atoms with van der Waals surface area (Å²) in [6.07, 6.45) is 20.2. The fourth-order valence-corrected chi connectivity index (χ4v) is 6.06. The number of rotatable bonds is 27. The largest absolute Gasteiger partial charge is 0.394 e. The Morgan fingerprint density at radius 2 is 1.16 bits per heavy atom. The maximum absolute atomic E-state index is 13.6. The van der Waals surface area contributed by atoms with Gasteiger partial charge in [0.25, 0.3) is 0 Å². The van der Waals surface area contributed by atoms with Crippen molar-refractivity contribution in [1.29, 1.82) is 0 Å². The number of hydrogen-bond acceptors (Lipinski definition) is 7. The first-order valence-electron chi connectivity index (χ1n) is 18.3. The van der Waals surface area contributed by atoms with E-state index in [9.17, 15) is 24.9 Å². The molecule has 9 nitrogen and oxygen atoms in total. The number of amides is 2. The minimum atomic E-state index is -1.42. The SMILES string of the molecule is CCCCCCCCCCCCCC(=O)N(CCCCCCCCCCCC)[C@@H]1O[C@H](CO)[C@@H](O)[C@H](O)[C@H]1NC(=O)[C@H](C)N. The van der Waals surface area contributed by atoms with Crippen LogP contribution in [0.4, 0.5) is 0 Å². The Labute approximate surface area is 269 Å². The lowest BCUT2D eigenvalue weighted by molar-refractivity contribution is -0.231. The van der Waals surface area contributed by atoms with E-state index in [1.807, 2.05) is 0 Å². The monoisotopic (exact) mass is 628 g/mol. The number of aliphatic hydroxyl groups excluding tert-OH is 3. The molecular weight excluding hydrogens is 558 g/mol. The van der Waals surface area contributed by atoms with E-state index < -0.39 is 49.1 Å². The summed E-state index contributed by atoms with van der Waals surface area (Å²) >= 11 is 0. The third kappa shape index (κ3) is 16.9. The molecule has 1 saturated heterocycles. The second-order valence-corrected chi connectivity index (χ2v) is 13.1. The van der Waals surface area contributed by atoms with Crippen molar-refractivity contribution >= 4 is 11.8 Å². The Morgan fingerprint density at radius 1 is 0.727 bits per heavy atom. The number of carbonyl (C=O) groups excluding carboxylic acids is 2. The Bertz CT molecular complexity index is 725. The molecule has 6 N–H and O–H groups in total. The molecule has 1 aliphatic heterocycles. The van der Waals surface area contributed by atoms with Gasteiger partial charge in [0.15, 0.2) is 6.23 Å². The van der Waals surface area contributed by atoms with Gasteiger partial charge in [0.1, 0.15) is 24.4 Å². The van der Waals surface area contributed by atoms with Crippen molar-refractivity contribution in [3.05, 3.63) is 0 Å². The van der Waals surface area contributed by atoms with Gasteiger partial charge in [-0.2, -0.15) is 0 Å². The van der Waals surface area contributed by atoms with E-state index in [0.29, 0.717) is 13.0 Å². The summed E-state index contributed by atoms with van der Waals surface area (Å²) < 4.78 is 6.03. The smallest absolute Gasteiger partial charge is 0.237 e. The Morgan fingerprint density at radius 3 is 1.59 bits per heavy atom. The molecule has 1 fully saturated rings. The average molecular weight is 628 g/mol. The van der Waals surface area contributed by atoms with Crippen molar-refractivity contribution in [2.75, 3.05) is 13.2 Å². The van der Waals surface area contributed by atoms with Crippen molar-refractivity contribution in [3.8, 4) is 0 Å². The van der Waals surface area contributed by atoms with Gasteiger partial charge in [-0.05, 0) is 19.8 Å². The van der Waals surface area contributed by atoms with Gasteiger partial charge in [-0.25, -0.2) is 0 Å². The van der Waals surface area contributed by atoms with Crippen molar-refractivity contribution in [3.63, 3.8) is 0 Å². The van der Waals surface area contributed by atoms with Gasteiger partial charge >= 0.3 is 0 Å². The predicted molar refractivity (Wildman–Crippen MR) is 178 cm³/mol. The molecule has 1 rings (SSSR count). The van der Waals surface area contributed by atoms with Crippen LogP contribution in [0.25, 0.3) is 0 Å². The molecule has 0 aliphatic carbocycles. The summed E-state index contributed by atoms with van der Waals surface area (Å²) in [5.41, 5.74) is 5.77. The summed E-state index contributed by atoms with van der Waals surface area (Å²) in [4.78, 5) is 27.8. The van der Waals surface area contributed by atoms with Crippen LogP contribution in [0.3, 0.4) is 0 Å². The van der Waals surface area contributed by atoms with E-state index >= 15 is 0 Å². The van der Waals surface area contributed by atoms with Crippen molar-refractivity contribution < 1.29 is 29.6 Å². The first-order valence-corrected chi connectivity index (χ1v) is 18.3. The standard InChI is InChI=1S/C35H69N3O6/c1-4-6-8-10-12-14-16-17-19-21-23-25-30(40)38(26-24-22-20-18-15-13-11-9-7-5-2)35-31(37-34(43)28(3)36)33(42)32(41)29(27-39)44-35/h28-29,31-33,35,39,41-42H,4-27,36H2,1-3H3,(H,37,43)/t28-,29+,31+,32+,33+,35+/m0/s1. The molecule has 0 aromatic rings. The molecule has 0 aromatic carbocycles. The molecule has 2 amide bonds. The van der Waals surface area contributed by atoms with Crippen LogP contribution in [0.5, 0.6) is 0 Å². The van der Waals surface area contributed by atoms with Crippen LogP contribution in [-0.4, -0.2) is 81.8 Å². The van der Waals surface area contributed by atoms with Gasteiger partial charge < -0.3 is 36.0 Å². The fourth-order valence-electron chi connectivity index (χ4n) is 6.06. The lowest BCUT2D eigenvalue weighted by Crippen LogP contribution is -2.69. The summed E-state index contributed by atoms with van der Waals surface area (Å²) in [7, 11) is 0. The quantitative estimate of drug-likeness (QED) is 0.0734. The summed E-state index contributed by atoms with van der Waals surface area (Å²) in [6.45, 7) is 5.91. The molecule has 260 valence electrons. The topological polar surface area (TPSA) is 145 Å². The highest BCUT2D eigenvalue weighted by Crippen LogP contribution is 2.26. The van der Waals surface area contributed by atoms with Gasteiger partial charge in [-0.15, -0.1) is 0 Å². The highest BCUT2D eigenvalue weighted by atomic mass is 16.5. The number of unbranched alkanes of at least 4 members (excludes halogenated alkanes) is 19. The number of nitrogens with zero attached hydrogens (tertiary/aromatic N) is 1. The Hall–Kier alpha value is -1.26. The van der Waals surface area contributed by atoms with Gasteiger partial charge in [-0.3, -0.25) is 9.59 Å². The Balaban J connectivity index is 2.74. The van der Waals surface area contributed by atoms with Gasteiger partial charge in [0.05, 0.1) is 12.6 Å². The molecule has 0 aromatic heterocycles. The fraction of sp³-hybridized carbons (Fsp3) is 0.943. The molecule has 44 heavy (non-hydrogen) atoms. The minimum Gasteiger partial charge on any atom is -0.394 e. The first-order chi connectivity index (χ1) is 21.3. The highest BCUT2D eigenvalue weighted by Gasteiger charge is 2.48. The molecule has 0 bridgehead atoms. The maximum atomic E-state index is 13.6. The van der Waals surface area contributed by atoms with Gasteiger partial charge in [-0.1, -0.05) is 136 Å². The van der Waals surface area contributed by atoms with E-state index in [0.717, 1.165) is 38.5 Å². The number of nitrogens with two attached hydrogens (primary N) is 1. The van der Waals surface area contributed by atoms with Crippen LogP contribution in [0.1, 0.15) is 162 Å². The molecule has 6 atom stereocenters. The predicted octanol–water partition coefficient (Wildman–Crippen LogP) is 5.71. The Kier molecular flexibility index (Phi) is 24.0. The van der Waals surface area contributed by atoms with Crippen molar-refractivity contribution in [2.45, 2.75) is 199 Å². The number of nitrogens with one attached hydrogen (secondary N) is 1. The molecule has 0 saturated carbocycles. The van der Waals surface area contributed by atoms with E-state index in [2.05, 4.69) is 19.2 Å². The summed E-state index contributed by atoms with van der Waals surface area (Å²) in [5, 5.41) is 34.1. The lowest BCUT2D eigenvalue weighted by atomic mass is 9.94. The second-order valence-electron chi connectivity index (χ2n) is 13.1. The number of aliphatic hydroxyl groups is 3. The van der Waals surface area contributed by atoms with Crippen LogP contribution in [0.2, 0.25) is 0 Å². The van der Waals surface area contributed by atoms with Crippen molar-refractivity contribution in [2.24, 2.45) is 5.73 Å². The molecule has 9 heteroatoms. The lowest BCUT2D eigenvalue weighted by Gasteiger charge is -2.47. The first kappa shape index (κ1) is 40.8. The number of hydrogen-bond donors (Lipinski definition) is 5. The van der Waals surface area contributed by atoms with Crippen LogP contribution in [-0.2, 0) is 14.3 Å². The highest BCUT2D eigenvalue weighted by molar-refractivity contribution is 5.81. The average Bonchev–Trinajstić information content (AvgIpc) is 3.01. The molecule has 0 radical (unpaired) electrons. The number of carbonyl (C=O) groups is 2. The third-order valence-electron chi connectivity index (χ3n) is 9.00. The van der Waals surface area contributed by atoms with Crippen LogP contribution < -0.4 is 11.1 Å². The van der Waals surface area contributed by atoms with E-state index in [1.54, 1.807) is 4.90 Å². The molecule has 0 spiro atoms. The van der Waals surface area contributed by atoms with E-state index in [1.165, 1.54) is 103 Å². The minimum absolute atomic E-state index is 0.0952. The molecular formula is C35H69N3O6. The third-order valence-corrected chi connectivity index (χ3v) is 9.00. The van der Waals surface area contributed by atoms with Gasteiger partial charge in [0, 0.05) is 13.0 Å². The molecule has 1 heterocycles. The van der Waals surface area contributed by atoms with Gasteiger partial charge in [0.2, 0.25) is 11.8 Å². The molecule has 0 unspecified atom stereocenters. The zero-order chi connectivity index (χ0) is 32.6. The van der Waals surface area contributed by atoms with Crippen LogP contribution >= 0.6 is 0 Å². The summed E-state index contributed by atoms with van der Waals surface area (Å²) in [5.74, 6) is -0.601. The van der Waals surface area contributed by atoms with Crippen molar-refractivity contribution in [1.82, 2.24) is 10.2 Å². The maximum Gasteiger partial charge on any atom is 0.237 e. The normalized spacial score (nSPS) is 22.6. The van der Waals surface area contributed by atoms with E-state index in [4.69, 9.17) is 10.5 Å². The van der Waals surface area contributed by atoms with E-state index in [-0.39, 0.29) is 5.91 Å². The number of ether oxygens (including phenoxy) is 1. The molecule has 1 aliphatic rings. The second kappa shape index (κ2) is 25.9.